The quantitative estimate of drug-likeness (QED) is 0.864. The predicted molar refractivity (Wildman–Crippen MR) is 93.9 cm³/mol. The molecule has 0 atom stereocenters. The summed E-state index contributed by atoms with van der Waals surface area (Å²) in [6.07, 6.45) is 5.98. The van der Waals surface area contributed by atoms with E-state index in [4.69, 9.17) is 21.1 Å². The van der Waals surface area contributed by atoms with Gasteiger partial charge in [-0.2, -0.15) is 0 Å². The SMILES string of the molecule is COc1ccc(Cl)c(CCN2CCNCC2)c1OC1CCCC1. The maximum Gasteiger partial charge on any atom is 0.166 e. The third-order valence-electron chi connectivity index (χ3n) is 4.86. The second-order valence-corrected chi connectivity index (χ2v) is 6.83. The van der Waals surface area contributed by atoms with Gasteiger partial charge >= 0.3 is 0 Å². The highest BCUT2D eigenvalue weighted by Gasteiger charge is 2.22. The first kappa shape index (κ1) is 16.9. The van der Waals surface area contributed by atoms with E-state index in [1.165, 1.54) is 12.8 Å². The zero-order valence-corrected chi connectivity index (χ0v) is 14.7. The first-order valence-corrected chi connectivity index (χ1v) is 9.11. The van der Waals surface area contributed by atoms with E-state index in [0.717, 1.165) is 74.1 Å². The number of nitrogens with zero attached hydrogens (tertiary/aromatic N) is 1. The Morgan fingerprint density at radius 3 is 2.65 bits per heavy atom. The van der Waals surface area contributed by atoms with Crippen LogP contribution in [-0.2, 0) is 6.42 Å². The number of hydrogen-bond acceptors (Lipinski definition) is 4. The number of ether oxygens (including phenoxy) is 2. The van der Waals surface area contributed by atoms with Crippen molar-refractivity contribution in [2.75, 3.05) is 39.8 Å². The maximum absolute atomic E-state index is 6.50. The normalized spacial score (nSPS) is 19.9. The van der Waals surface area contributed by atoms with Gasteiger partial charge < -0.3 is 19.7 Å². The lowest BCUT2D eigenvalue weighted by molar-refractivity contribution is 0.196. The average molecular weight is 339 g/mol. The van der Waals surface area contributed by atoms with Crippen LogP contribution < -0.4 is 14.8 Å². The Morgan fingerprint density at radius 2 is 1.96 bits per heavy atom. The van der Waals surface area contributed by atoms with Gasteiger partial charge in [-0.25, -0.2) is 0 Å². The molecule has 128 valence electrons. The van der Waals surface area contributed by atoms with Crippen LogP contribution in [0.2, 0.25) is 5.02 Å². The van der Waals surface area contributed by atoms with Crippen LogP contribution in [0, 0.1) is 0 Å². The highest BCUT2D eigenvalue weighted by molar-refractivity contribution is 6.31. The molecule has 3 rings (SSSR count). The van der Waals surface area contributed by atoms with Crippen LogP contribution in [0.5, 0.6) is 11.5 Å². The molecule has 0 aromatic heterocycles. The first-order valence-electron chi connectivity index (χ1n) is 8.73. The van der Waals surface area contributed by atoms with Gasteiger partial charge in [0.15, 0.2) is 11.5 Å². The molecule has 1 N–H and O–H groups in total. The summed E-state index contributed by atoms with van der Waals surface area (Å²) >= 11 is 6.50. The molecular weight excluding hydrogens is 312 g/mol. The molecule has 1 aliphatic carbocycles. The highest BCUT2D eigenvalue weighted by atomic mass is 35.5. The van der Waals surface area contributed by atoms with Crippen molar-refractivity contribution in [1.29, 1.82) is 0 Å². The Bertz CT molecular complexity index is 512. The van der Waals surface area contributed by atoms with Crippen molar-refractivity contribution >= 4 is 11.6 Å². The fraction of sp³-hybridized carbons (Fsp3) is 0.667. The molecule has 1 aromatic rings. The lowest BCUT2D eigenvalue weighted by atomic mass is 10.1. The minimum absolute atomic E-state index is 0.306. The number of benzene rings is 1. The van der Waals surface area contributed by atoms with Crippen molar-refractivity contribution in [3.8, 4) is 11.5 Å². The van der Waals surface area contributed by atoms with E-state index in [9.17, 15) is 0 Å². The molecule has 0 radical (unpaired) electrons. The molecule has 1 aliphatic heterocycles. The number of methoxy groups -OCH3 is 1. The van der Waals surface area contributed by atoms with E-state index in [1.54, 1.807) is 7.11 Å². The summed E-state index contributed by atoms with van der Waals surface area (Å²) in [5, 5.41) is 4.18. The second-order valence-electron chi connectivity index (χ2n) is 6.42. The fourth-order valence-electron chi connectivity index (χ4n) is 3.48. The number of rotatable bonds is 6. The molecule has 1 aromatic carbocycles. The molecule has 2 fully saturated rings. The lowest BCUT2D eigenvalue weighted by Crippen LogP contribution is -2.44. The van der Waals surface area contributed by atoms with E-state index in [0.29, 0.717) is 6.10 Å². The Hall–Kier alpha value is -0.970. The fourth-order valence-corrected chi connectivity index (χ4v) is 3.73. The summed E-state index contributed by atoms with van der Waals surface area (Å²) in [5.74, 6) is 1.67. The molecule has 1 saturated carbocycles. The molecule has 4 nitrogen and oxygen atoms in total. The van der Waals surface area contributed by atoms with Crippen LogP contribution in [-0.4, -0.2) is 50.8 Å². The topological polar surface area (TPSA) is 33.7 Å². The van der Waals surface area contributed by atoms with Gasteiger partial charge in [0.2, 0.25) is 0 Å². The molecule has 1 heterocycles. The zero-order chi connectivity index (χ0) is 16.1. The molecule has 1 saturated heterocycles. The average Bonchev–Trinajstić information content (AvgIpc) is 3.09. The third-order valence-corrected chi connectivity index (χ3v) is 5.22. The van der Waals surface area contributed by atoms with Crippen molar-refractivity contribution in [2.24, 2.45) is 0 Å². The van der Waals surface area contributed by atoms with Gasteiger partial charge in [-0.1, -0.05) is 11.6 Å². The Balaban J connectivity index is 1.75. The van der Waals surface area contributed by atoms with Gasteiger partial charge in [-0.15, -0.1) is 0 Å². The first-order chi connectivity index (χ1) is 11.3. The Labute approximate surface area is 144 Å². The third kappa shape index (κ3) is 4.31. The summed E-state index contributed by atoms with van der Waals surface area (Å²) in [6, 6.07) is 3.84. The van der Waals surface area contributed by atoms with Crippen LogP contribution in [0.3, 0.4) is 0 Å². The van der Waals surface area contributed by atoms with Crippen LogP contribution in [0.1, 0.15) is 31.2 Å². The minimum Gasteiger partial charge on any atom is -0.493 e. The Kier molecular flexibility index (Phi) is 6.03. The molecule has 0 unspecified atom stereocenters. The van der Waals surface area contributed by atoms with Gasteiger partial charge in [0, 0.05) is 43.3 Å². The van der Waals surface area contributed by atoms with Crippen molar-refractivity contribution in [3.63, 3.8) is 0 Å². The highest BCUT2D eigenvalue weighted by Crippen LogP contribution is 2.39. The molecule has 23 heavy (non-hydrogen) atoms. The second kappa shape index (κ2) is 8.22. The van der Waals surface area contributed by atoms with Gasteiger partial charge in [0.05, 0.1) is 13.2 Å². The van der Waals surface area contributed by atoms with E-state index in [2.05, 4.69) is 10.2 Å². The van der Waals surface area contributed by atoms with Crippen molar-refractivity contribution in [1.82, 2.24) is 10.2 Å². The Morgan fingerprint density at radius 1 is 1.22 bits per heavy atom. The van der Waals surface area contributed by atoms with E-state index < -0.39 is 0 Å². The number of hydrogen-bond donors (Lipinski definition) is 1. The van der Waals surface area contributed by atoms with E-state index in [1.807, 2.05) is 12.1 Å². The van der Waals surface area contributed by atoms with Crippen LogP contribution in [0.25, 0.3) is 0 Å². The zero-order valence-electron chi connectivity index (χ0n) is 13.9. The molecule has 0 spiro atoms. The smallest absolute Gasteiger partial charge is 0.166 e. The summed E-state index contributed by atoms with van der Waals surface area (Å²) < 4.78 is 11.8. The van der Waals surface area contributed by atoms with Crippen molar-refractivity contribution in [3.05, 3.63) is 22.7 Å². The van der Waals surface area contributed by atoms with Crippen LogP contribution in [0.4, 0.5) is 0 Å². The number of piperazine rings is 1. The maximum atomic E-state index is 6.50. The summed E-state index contributed by atoms with van der Waals surface area (Å²) in [7, 11) is 1.70. The monoisotopic (exact) mass is 338 g/mol. The van der Waals surface area contributed by atoms with Crippen LogP contribution in [0.15, 0.2) is 12.1 Å². The lowest BCUT2D eigenvalue weighted by Gasteiger charge is -2.28. The molecule has 2 aliphatic rings. The van der Waals surface area contributed by atoms with Gasteiger partial charge in [-0.3, -0.25) is 0 Å². The number of halogens is 1. The van der Waals surface area contributed by atoms with Gasteiger partial charge in [-0.05, 0) is 44.2 Å². The molecule has 0 amide bonds. The number of nitrogens with one attached hydrogen (secondary N) is 1. The summed E-state index contributed by atoms with van der Waals surface area (Å²) in [6.45, 7) is 5.34. The van der Waals surface area contributed by atoms with Gasteiger partial charge in [0.25, 0.3) is 0 Å². The molecule has 5 heteroatoms. The van der Waals surface area contributed by atoms with Crippen molar-refractivity contribution in [2.45, 2.75) is 38.2 Å². The largest absolute Gasteiger partial charge is 0.493 e. The van der Waals surface area contributed by atoms with Gasteiger partial charge in [0.1, 0.15) is 0 Å². The molecular formula is C18H27ClN2O2. The standard InChI is InChI=1S/C18H27ClN2O2/c1-22-17-7-6-16(19)15(8-11-21-12-9-20-10-13-21)18(17)23-14-4-2-3-5-14/h6-7,14,20H,2-5,8-13H2,1H3. The van der Waals surface area contributed by atoms with E-state index >= 15 is 0 Å². The summed E-state index contributed by atoms with van der Waals surface area (Å²) in [4.78, 5) is 2.48. The predicted octanol–water partition coefficient (Wildman–Crippen LogP) is 3.12. The summed E-state index contributed by atoms with van der Waals surface area (Å²) in [5.41, 5.74) is 1.09. The van der Waals surface area contributed by atoms with Crippen molar-refractivity contribution < 1.29 is 9.47 Å². The van der Waals surface area contributed by atoms with E-state index in [-0.39, 0.29) is 0 Å². The minimum atomic E-state index is 0.306. The molecule has 0 bridgehead atoms. The van der Waals surface area contributed by atoms with Crippen LogP contribution >= 0.6 is 11.6 Å².